The first-order valence-electron chi connectivity index (χ1n) is 10.3. The fourth-order valence-corrected chi connectivity index (χ4v) is 4.41. The van der Waals surface area contributed by atoms with Gasteiger partial charge in [0.05, 0.1) is 11.7 Å². The first-order chi connectivity index (χ1) is 15.5. The van der Waals surface area contributed by atoms with Crippen molar-refractivity contribution in [3.8, 4) is 11.1 Å². The van der Waals surface area contributed by atoms with E-state index in [2.05, 4.69) is 22.5 Å². The van der Waals surface area contributed by atoms with Gasteiger partial charge in [0.15, 0.2) is 6.04 Å². The number of carboxylic acids is 1. The number of nitrogens with one attached hydrogen (secondary N) is 1. The molecule has 3 aromatic carbocycles. The molecule has 0 saturated heterocycles. The van der Waals surface area contributed by atoms with E-state index in [1.807, 2.05) is 43.4 Å². The second-order valence-corrected chi connectivity index (χ2v) is 7.83. The number of rotatable bonds is 5. The molecule has 7 nitrogen and oxygen atoms in total. The number of ether oxygens (including phenoxy) is 1. The standard InChI is InChI=1S/C25H21N3O4/c1-28-22-11-10-15(12-16(22)13-26-28)23(24(29)30)27-25(31)32-14-21-19-8-4-2-6-17(19)18-7-3-5-9-20(18)21/h2-13,21,23H,14H2,1H3,(H,27,31)(H,29,30)/t23-/m0/s1. The normalized spacial score (nSPS) is 13.4. The van der Waals surface area contributed by atoms with Gasteiger partial charge in [-0.05, 0) is 39.9 Å². The van der Waals surface area contributed by atoms with Crippen molar-refractivity contribution in [3.05, 3.63) is 89.6 Å². The molecule has 0 aliphatic heterocycles. The Morgan fingerprint density at radius 2 is 1.72 bits per heavy atom. The van der Waals surface area contributed by atoms with Gasteiger partial charge >= 0.3 is 12.1 Å². The second kappa shape index (κ2) is 7.85. The molecule has 160 valence electrons. The molecule has 0 unspecified atom stereocenters. The molecule has 1 heterocycles. The molecule has 1 atom stereocenters. The average molecular weight is 427 g/mol. The highest BCUT2D eigenvalue weighted by Crippen LogP contribution is 2.44. The lowest BCUT2D eigenvalue weighted by molar-refractivity contribution is -0.139. The Hall–Kier alpha value is -4.13. The Labute approximate surface area is 184 Å². The zero-order valence-corrected chi connectivity index (χ0v) is 17.4. The Morgan fingerprint density at radius 3 is 2.38 bits per heavy atom. The highest BCUT2D eigenvalue weighted by Gasteiger charge is 2.30. The SMILES string of the molecule is Cn1ncc2cc([C@H](NC(=O)OCC3c4ccccc4-c4ccccc43)C(=O)O)ccc21. The van der Waals surface area contributed by atoms with E-state index < -0.39 is 18.1 Å². The zero-order valence-electron chi connectivity index (χ0n) is 17.4. The minimum atomic E-state index is -1.23. The predicted octanol–water partition coefficient (Wildman–Crippen LogP) is 4.24. The Bertz CT molecular complexity index is 1300. The number of aromatic nitrogens is 2. The maximum Gasteiger partial charge on any atom is 0.408 e. The lowest BCUT2D eigenvalue weighted by Gasteiger charge is -2.18. The van der Waals surface area contributed by atoms with Crippen LogP contribution in [0.1, 0.15) is 28.7 Å². The Balaban J connectivity index is 1.33. The largest absolute Gasteiger partial charge is 0.479 e. The molecule has 7 heteroatoms. The quantitative estimate of drug-likeness (QED) is 0.497. The summed E-state index contributed by atoms with van der Waals surface area (Å²) in [4.78, 5) is 24.4. The van der Waals surface area contributed by atoms with Crippen LogP contribution in [0, 0.1) is 0 Å². The number of hydrogen-bond donors (Lipinski definition) is 2. The van der Waals surface area contributed by atoms with Gasteiger partial charge in [-0.3, -0.25) is 4.68 Å². The number of carboxylic acid groups (broad SMARTS) is 1. The molecule has 1 amide bonds. The minimum absolute atomic E-state index is 0.0943. The number of aryl methyl sites for hydroxylation is 1. The topological polar surface area (TPSA) is 93.5 Å². The molecular weight excluding hydrogens is 406 g/mol. The zero-order chi connectivity index (χ0) is 22.2. The van der Waals surface area contributed by atoms with Crippen LogP contribution in [0.4, 0.5) is 4.79 Å². The number of carbonyl (C=O) groups excluding carboxylic acids is 1. The van der Waals surface area contributed by atoms with E-state index in [1.54, 1.807) is 29.1 Å². The van der Waals surface area contributed by atoms with Crippen molar-refractivity contribution in [2.24, 2.45) is 7.05 Å². The first-order valence-corrected chi connectivity index (χ1v) is 10.3. The summed E-state index contributed by atoms with van der Waals surface area (Å²) in [5.41, 5.74) is 5.78. The summed E-state index contributed by atoms with van der Waals surface area (Å²) < 4.78 is 7.21. The summed E-state index contributed by atoms with van der Waals surface area (Å²) in [6.07, 6.45) is 0.885. The summed E-state index contributed by atoms with van der Waals surface area (Å²) in [6.45, 7) is 0.119. The first kappa shape index (κ1) is 19.8. The van der Waals surface area contributed by atoms with Gasteiger partial charge in [0.1, 0.15) is 6.61 Å². The van der Waals surface area contributed by atoms with Crippen LogP contribution in [0.25, 0.3) is 22.0 Å². The van der Waals surface area contributed by atoms with Gasteiger partial charge in [-0.1, -0.05) is 54.6 Å². The highest BCUT2D eigenvalue weighted by atomic mass is 16.5. The molecule has 0 fully saturated rings. The lowest BCUT2D eigenvalue weighted by atomic mass is 9.98. The fourth-order valence-electron chi connectivity index (χ4n) is 4.41. The van der Waals surface area contributed by atoms with E-state index in [9.17, 15) is 14.7 Å². The smallest absolute Gasteiger partial charge is 0.408 e. The van der Waals surface area contributed by atoms with Crippen molar-refractivity contribution in [1.82, 2.24) is 15.1 Å². The summed E-state index contributed by atoms with van der Waals surface area (Å²) in [6, 6.07) is 20.0. The number of aliphatic carboxylic acids is 1. The molecule has 0 saturated carbocycles. The van der Waals surface area contributed by atoms with Crippen molar-refractivity contribution in [2.45, 2.75) is 12.0 Å². The third kappa shape index (κ3) is 3.37. The van der Waals surface area contributed by atoms with Crippen molar-refractivity contribution >= 4 is 23.0 Å². The van der Waals surface area contributed by atoms with Crippen molar-refractivity contribution in [2.75, 3.05) is 6.61 Å². The van der Waals surface area contributed by atoms with Crippen LogP contribution in [0.15, 0.2) is 72.9 Å². The monoisotopic (exact) mass is 427 g/mol. The lowest BCUT2D eigenvalue weighted by Crippen LogP contribution is -2.34. The number of fused-ring (bicyclic) bond motifs is 4. The molecule has 1 aliphatic rings. The fraction of sp³-hybridized carbons (Fsp3) is 0.160. The third-order valence-corrected chi connectivity index (χ3v) is 5.96. The molecule has 5 rings (SSSR count). The van der Waals surface area contributed by atoms with Crippen LogP contribution in [-0.4, -0.2) is 33.6 Å². The molecule has 2 N–H and O–H groups in total. The number of nitrogens with zero attached hydrogens (tertiary/aromatic N) is 2. The number of carbonyl (C=O) groups is 2. The number of amides is 1. The number of hydrogen-bond acceptors (Lipinski definition) is 4. The van der Waals surface area contributed by atoms with Gasteiger partial charge in [0.2, 0.25) is 0 Å². The van der Waals surface area contributed by atoms with Crippen LogP contribution < -0.4 is 5.32 Å². The molecule has 32 heavy (non-hydrogen) atoms. The molecule has 1 aliphatic carbocycles. The molecule has 4 aromatic rings. The highest BCUT2D eigenvalue weighted by molar-refractivity contribution is 5.85. The van der Waals surface area contributed by atoms with Crippen LogP contribution in [0.2, 0.25) is 0 Å². The van der Waals surface area contributed by atoms with Gasteiger partial charge in [0.25, 0.3) is 0 Å². The molecule has 0 bridgehead atoms. The van der Waals surface area contributed by atoms with Gasteiger partial charge in [-0.15, -0.1) is 0 Å². The molecule has 0 spiro atoms. The van der Waals surface area contributed by atoms with Crippen LogP contribution in [-0.2, 0) is 16.6 Å². The van der Waals surface area contributed by atoms with E-state index >= 15 is 0 Å². The van der Waals surface area contributed by atoms with Crippen molar-refractivity contribution in [3.63, 3.8) is 0 Å². The van der Waals surface area contributed by atoms with Crippen molar-refractivity contribution < 1.29 is 19.4 Å². The van der Waals surface area contributed by atoms with Gasteiger partial charge in [-0.25, -0.2) is 9.59 Å². The van der Waals surface area contributed by atoms with E-state index in [-0.39, 0.29) is 12.5 Å². The maximum absolute atomic E-state index is 12.6. The van der Waals surface area contributed by atoms with Gasteiger partial charge in [0, 0.05) is 18.4 Å². The summed E-state index contributed by atoms with van der Waals surface area (Å²) >= 11 is 0. The Kier molecular flexibility index (Phi) is 4.86. The van der Waals surface area contributed by atoms with Crippen molar-refractivity contribution in [1.29, 1.82) is 0 Å². The Morgan fingerprint density at radius 1 is 1.06 bits per heavy atom. The van der Waals surface area contributed by atoms with Gasteiger partial charge < -0.3 is 15.2 Å². The number of benzene rings is 3. The van der Waals surface area contributed by atoms with E-state index in [1.165, 1.54) is 0 Å². The van der Waals surface area contributed by atoms with E-state index in [0.717, 1.165) is 33.2 Å². The predicted molar refractivity (Wildman–Crippen MR) is 119 cm³/mol. The summed E-state index contributed by atoms with van der Waals surface area (Å²) in [5.74, 6) is -1.26. The second-order valence-electron chi connectivity index (χ2n) is 7.83. The summed E-state index contributed by atoms with van der Waals surface area (Å²) in [5, 5.41) is 17.2. The van der Waals surface area contributed by atoms with E-state index in [0.29, 0.717) is 5.56 Å². The maximum atomic E-state index is 12.6. The third-order valence-electron chi connectivity index (χ3n) is 5.96. The van der Waals surface area contributed by atoms with Crippen LogP contribution >= 0.6 is 0 Å². The van der Waals surface area contributed by atoms with E-state index in [4.69, 9.17) is 4.74 Å². The van der Waals surface area contributed by atoms with Crippen LogP contribution in [0.3, 0.4) is 0 Å². The summed E-state index contributed by atoms with van der Waals surface area (Å²) in [7, 11) is 1.81. The van der Waals surface area contributed by atoms with Crippen LogP contribution in [0.5, 0.6) is 0 Å². The van der Waals surface area contributed by atoms with Gasteiger partial charge in [-0.2, -0.15) is 5.10 Å². The molecule has 0 radical (unpaired) electrons. The number of alkyl carbamates (subject to hydrolysis) is 1. The molecule has 1 aromatic heterocycles. The average Bonchev–Trinajstić information content (AvgIpc) is 3.33. The minimum Gasteiger partial charge on any atom is -0.479 e. The molecular formula is C25H21N3O4.